The monoisotopic (exact) mass is 345 g/mol. The van der Waals surface area contributed by atoms with Crippen LogP contribution in [0.25, 0.3) is 11.0 Å². The van der Waals surface area contributed by atoms with Gasteiger partial charge in [0.2, 0.25) is 5.89 Å². The van der Waals surface area contributed by atoms with E-state index in [4.69, 9.17) is 21.1 Å². The molecule has 1 aromatic carbocycles. The highest BCUT2D eigenvalue weighted by Gasteiger charge is 2.26. The van der Waals surface area contributed by atoms with Crippen LogP contribution in [0.1, 0.15) is 36.3 Å². The fourth-order valence-electron chi connectivity index (χ4n) is 3.44. The van der Waals surface area contributed by atoms with Gasteiger partial charge in [0.05, 0.1) is 23.5 Å². The summed E-state index contributed by atoms with van der Waals surface area (Å²) in [5.74, 6) is 2.82. The Balaban J connectivity index is 1.53. The first-order valence-electron chi connectivity index (χ1n) is 8.23. The molecule has 0 bridgehead atoms. The summed E-state index contributed by atoms with van der Waals surface area (Å²) in [5.41, 5.74) is 2.05. The number of hydrogen-bond donors (Lipinski definition) is 0. The van der Waals surface area contributed by atoms with Crippen LogP contribution in [0.2, 0.25) is 5.02 Å². The van der Waals surface area contributed by atoms with E-state index in [1.54, 1.807) is 0 Å². The van der Waals surface area contributed by atoms with E-state index in [-0.39, 0.29) is 0 Å². The first kappa shape index (κ1) is 15.6. The molecule has 1 fully saturated rings. The lowest BCUT2D eigenvalue weighted by Gasteiger charge is -2.30. The molecule has 0 unspecified atom stereocenters. The predicted octanol–water partition coefficient (Wildman–Crippen LogP) is 3.30. The zero-order chi connectivity index (χ0) is 16.7. The third kappa shape index (κ3) is 2.91. The van der Waals surface area contributed by atoms with Gasteiger partial charge in [0.1, 0.15) is 5.82 Å². The van der Waals surface area contributed by atoms with Crippen LogP contribution in [0.4, 0.5) is 0 Å². The average Bonchev–Trinajstić information content (AvgIpc) is 3.12. The Labute approximate surface area is 145 Å². The highest BCUT2D eigenvalue weighted by Crippen LogP contribution is 2.27. The number of benzene rings is 1. The van der Waals surface area contributed by atoms with Crippen molar-refractivity contribution in [3.05, 3.63) is 40.8 Å². The first-order valence-corrected chi connectivity index (χ1v) is 8.61. The smallest absolute Gasteiger partial charge is 0.231 e. The average molecular weight is 346 g/mol. The van der Waals surface area contributed by atoms with E-state index in [2.05, 4.69) is 26.7 Å². The summed E-state index contributed by atoms with van der Waals surface area (Å²) in [7, 11) is 2.06. The van der Waals surface area contributed by atoms with Crippen LogP contribution >= 0.6 is 11.6 Å². The van der Waals surface area contributed by atoms with Crippen molar-refractivity contribution in [3.8, 4) is 0 Å². The zero-order valence-corrected chi connectivity index (χ0v) is 14.6. The summed E-state index contributed by atoms with van der Waals surface area (Å²) in [5, 5.41) is 4.64. The number of fused-ring (bicyclic) bond motifs is 1. The number of imidazole rings is 1. The van der Waals surface area contributed by atoms with Crippen molar-refractivity contribution in [3.63, 3.8) is 0 Å². The van der Waals surface area contributed by atoms with Gasteiger partial charge in [-0.1, -0.05) is 16.8 Å². The van der Waals surface area contributed by atoms with Crippen LogP contribution in [0.15, 0.2) is 22.7 Å². The van der Waals surface area contributed by atoms with Crippen LogP contribution < -0.4 is 0 Å². The number of hydrogen-bond acceptors (Lipinski definition) is 5. The second kappa shape index (κ2) is 6.18. The summed E-state index contributed by atoms with van der Waals surface area (Å²) in [6.45, 7) is 4.66. The van der Waals surface area contributed by atoms with Gasteiger partial charge in [-0.05, 0) is 44.5 Å². The van der Waals surface area contributed by atoms with E-state index >= 15 is 0 Å². The Hall–Kier alpha value is -1.92. The maximum atomic E-state index is 6.08. The number of nitrogens with zero attached hydrogens (tertiary/aromatic N) is 5. The molecule has 3 heterocycles. The van der Waals surface area contributed by atoms with Crippen LogP contribution in [0.3, 0.4) is 0 Å². The summed E-state index contributed by atoms with van der Waals surface area (Å²) < 4.78 is 7.51. The molecule has 24 heavy (non-hydrogen) atoms. The predicted molar refractivity (Wildman–Crippen MR) is 92.0 cm³/mol. The summed E-state index contributed by atoms with van der Waals surface area (Å²) in [4.78, 5) is 11.6. The van der Waals surface area contributed by atoms with Gasteiger partial charge in [-0.3, -0.25) is 4.90 Å². The van der Waals surface area contributed by atoms with Crippen molar-refractivity contribution in [2.45, 2.75) is 32.2 Å². The van der Waals surface area contributed by atoms with E-state index < -0.39 is 0 Å². The minimum absolute atomic E-state index is 0.309. The molecule has 0 aliphatic carbocycles. The maximum Gasteiger partial charge on any atom is 0.231 e. The molecule has 3 aromatic rings. The number of aromatic nitrogens is 4. The Kier molecular flexibility index (Phi) is 4.02. The van der Waals surface area contributed by atoms with E-state index in [0.29, 0.717) is 11.7 Å². The van der Waals surface area contributed by atoms with E-state index in [1.807, 2.05) is 25.1 Å². The molecule has 4 rings (SSSR count). The number of piperidine rings is 1. The molecular weight excluding hydrogens is 326 g/mol. The van der Waals surface area contributed by atoms with Crippen molar-refractivity contribution in [2.24, 2.45) is 7.05 Å². The SMILES string of the molecule is Cc1noc([C@@H]2CCCN(Cc3nc4cc(Cl)ccc4n3C)C2)n1. The number of halogens is 1. The number of rotatable bonds is 3. The third-order valence-electron chi connectivity index (χ3n) is 4.70. The molecule has 1 saturated heterocycles. The van der Waals surface area contributed by atoms with Crippen LogP contribution in [-0.2, 0) is 13.6 Å². The van der Waals surface area contributed by atoms with Crippen molar-refractivity contribution in [1.29, 1.82) is 0 Å². The summed E-state index contributed by atoms with van der Waals surface area (Å²) >= 11 is 6.08. The van der Waals surface area contributed by atoms with Crippen molar-refractivity contribution in [1.82, 2.24) is 24.6 Å². The lowest BCUT2D eigenvalue weighted by molar-refractivity contribution is 0.175. The van der Waals surface area contributed by atoms with Gasteiger partial charge in [-0.15, -0.1) is 0 Å². The van der Waals surface area contributed by atoms with Gasteiger partial charge in [-0.2, -0.15) is 4.98 Å². The molecule has 2 aromatic heterocycles. The van der Waals surface area contributed by atoms with Crippen LogP contribution in [0.5, 0.6) is 0 Å². The fourth-order valence-corrected chi connectivity index (χ4v) is 3.61. The third-order valence-corrected chi connectivity index (χ3v) is 4.93. The molecular formula is C17H20ClN5O. The molecule has 0 amide bonds. The van der Waals surface area contributed by atoms with Gasteiger partial charge < -0.3 is 9.09 Å². The Morgan fingerprint density at radius 2 is 2.21 bits per heavy atom. The molecule has 0 saturated carbocycles. The molecule has 6 nitrogen and oxygen atoms in total. The normalized spacial score (nSPS) is 19.2. The molecule has 126 valence electrons. The standard InChI is InChI=1S/C17H20ClN5O/c1-11-19-17(24-21-11)12-4-3-7-23(9-12)10-16-20-14-8-13(18)5-6-15(14)22(16)2/h5-6,8,12H,3-4,7,9-10H2,1-2H3/t12-/m1/s1. The van der Waals surface area contributed by atoms with Gasteiger partial charge in [-0.25, -0.2) is 4.98 Å². The van der Waals surface area contributed by atoms with Crippen LogP contribution in [-0.4, -0.2) is 37.7 Å². The second-order valence-electron chi connectivity index (χ2n) is 6.47. The summed E-state index contributed by atoms with van der Waals surface area (Å²) in [6.07, 6.45) is 2.22. The second-order valence-corrected chi connectivity index (χ2v) is 6.91. The largest absolute Gasteiger partial charge is 0.339 e. The number of likely N-dealkylation sites (tertiary alicyclic amines) is 1. The molecule has 0 spiro atoms. The van der Waals surface area contributed by atoms with Gasteiger partial charge in [0, 0.05) is 18.6 Å². The molecule has 1 aliphatic heterocycles. The molecule has 0 N–H and O–H groups in total. The van der Waals surface area contributed by atoms with Crippen molar-refractivity contribution >= 4 is 22.6 Å². The Bertz CT molecular complexity index is 871. The minimum Gasteiger partial charge on any atom is -0.339 e. The number of aryl methyl sites for hydroxylation is 2. The fraction of sp³-hybridized carbons (Fsp3) is 0.471. The highest BCUT2D eigenvalue weighted by molar-refractivity contribution is 6.31. The lowest BCUT2D eigenvalue weighted by Crippen LogP contribution is -2.34. The van der Waals surface area contributed by atoms with Gasteiger partial charge in [0.15, 0.2) is 5.82 Å². The Morgan fingerprint density at radius 3 is 3.00 bits per heavy atom. The van der Waals surface area contributed by atoms with Crippen molar-refractivity contribution in [2.75, 3.05) is 13.1 Å². The van der Waals surface area contributed by atoms with E-state index in [1.165, 1.54) is 0 Å². The first-order chi connectivity index (χ1) is 11.6. The van der Waals surface area contributed by atoms with E-state index in [9.17, 15) is 0 Å². The quantitative estimate of drug-likeness (QED) is 0.729. The van der Waals surface area contributed by atoms with Gasteiger partial charge >= 0.3 is 0 Å². The lowest BCUT2D eigenvalue weighted by atomic mass is 9.98. The van der Waals surface area contributed by atoms with Crippen molar-refractivity contribution < 1.29 is 4.52 Å². The maximum absolute atomic E-state index is 6.08. The van der Waals surface area contributed by atoms with E-state index in [0.717, 1.165) is 60.2 Å². The topological polar surface area (TPSA) is 60.0 Å². The van der Waals surface area contributed by atoms with Crippen LogP contribution in [0, 0.1) is 6.92 Å². The summed E-state index contributed by atoms with van der Waals surface area (Å²) in [6, 6.07) is 5.85. The molecule has 7 heteroatoms. The molecule has 1 atom stereocenters. The zero-order valence-electron chi connectivity index (χ0n) is 13.9. The highest BCUT2D eigenvalue weighted by atomic mass is 35.5. The minimum atomic E-state index is 0.309. The van der Waals surface area contributed by atoms with Gasteiger partial charge in [0.25, 0.3) is 0 Å². The Morgan fingerprint density at radius 1 is 1.33 bits per heavy atom. The molecule has 0 radical (unpaired) electrons. The molecule has 1 aliphatic rings.